The molecule has 2 heterocycles. The van der Waals surface area contributed by atoms with Gasteiger partial charge in [-0.25, -0.2) is 0 Å². The minimum Gasteiger partial charge on any atom is -0.293 e. The predicted octanol–water partition coefficient (Wildman–Crippen LogP) is 4.11. The fraction of sp³-hybridized carbons (Fsp3) is 0.182. The Labute approximate surface area is 90.7 Å². The van der Waals surface area contributed by atoms with Crippen LogP contribution in [0.2, 0.25) is 0 Å². The van der Waals surface area contributed by atoms with Gasteiger partial charge in [0.05, 0.1) is 4.88 Å². The van der Waals surface area contributed by atoms with E-state index in [9.17, 15) is 4.79 Å². The first-order valence-electron chi connectivity index (χ1n) is 4.31. The van der Waals surface area contributed by atoms with E-state index in [1.165, 1.54) is 9.40 Å². The number of rotatable bonds is 3. The molecule has 0 aliphatic heterocycles. The summed E-state index contributed by atoms with van der Waals surface area (Å²) in [5.74, 6) is 0.186. The number of carbonyl (C=O) groups is 1. The maximum atomic E-state index is 11.7. The highest BCUT2D eigenvalue weighted by molar-refractivity contribution is 7.27. The van der Waals surface area contributed by atoms with Crippen molar-refractivity contribution in [3.63, 3.8) is 0 Å². The molecule has 1 nitrogen and oxygen atoms in total. The van der Waals surface area contributed by atoms with Crippen molar-refractivity contribution >= 4 is 37.9 Å². The minimum atomic E-state index is 0.186. The molecular formula is C11H10OS2. The van der Waals surface area contributed by atoms with Crippen LogP contribution in [0.3, 0.4) is 0 Å². The van der Waals surface area contributed by atoms with Crippen molar-refractivity contribution < 1.29 is 4.79 Å². The summed E-state index contributed by atoms with van der Waals surface area (Å²) in [6.45, 7) is 5.63. The van der Waals surface area contributed by atoms with Crippen LogP contribution in [0.25, 0.3) is 9.40 Å². The van der Waals surface area contributed by atoms with Crippen LogP contribution in [-0.2, 0) is 0 Å². The summed E-state index contributed by atoms with van der Waals surface area (Å²) in [5, 5.41) is 2.05. The number of thiophene rings is 2. The zero-order valence-corrected chi connectivity index (χ0v) is 9.50. The number of hydrogen-bond acceptors (Lipinski definition) is 3. The third-order valence-electron chi connectivity index (χ3n) is 1.88. The lowest BCUT2D eigenvalue weighted by Crippen LogP contribution is -1.95. The molecule has 0 saturated heterocycles. The lowest BCUT2D eigenvalue weighted by Gasteiger charge is -1.94. The Morgan fingerprint density at radius 2 is 2.29 bits per heavy atom. The first-order chi connectivity index (χ1) is 6.66. The predicted molar refractivity (Wildman–Crippen MR) is 63.5 cm³/mol. The van der Waals surface area contributed by atoms with Gasteiger partial charge >= 0.3 is 0 Å². The Hall–Kier alpha value is -0.930. The fourth-order valence-corrected chi connectivity index (χ4v) is 3.31. The molecule has 14 heavy (non-hydrogen) atoms. The number of fused-ring (bicyclic) bond motifs is 1. The van der Waals surface area contributed by atoms with Crippen molar-refractivity contribution in [1.29, 1.82) is 0 Å². The average molecular weight is 222 g/mol. The number of hydrogen-bond donors (Lipinski definition) is 0. The van der Waals surface area contributed by atoms with E-state index in [0.717, 1.165) is 10.5 Å². The molecule has 2 rings (SSSR count). The topological polar surface area (TPSA) is 17.1 Å². The zero-order chi connectivity index (χ0) is 10.1. The number of Topliss-reactive ketones (excluding diaryl/α,β-unsaturated/α-hetero) is 1. The molecule has 0 aliphatic rings. The Kier molecular flexibility index (Phi) is 2.52. The molecule has 72 valence electrons. The van der Waals surface area contributed by atoms with E-state index in [2.05, 4.69) is 12.6 Å². The highest BCUT2D eigenvalue weighted by Gasteiger charge is 2.10. The first-order valence-corrected chi connectivity index (χ1v) is 6.01. The molecule has 0 unspecified atom stereocenters. The summed E-state index contributed by atoms with van der Waals surface area (Å²) in [5.41, 5.74) is 0.923. The van der Waals surface area contributed by atoms with Crippen molar-refractivity contribution in [3.05, 3.63) is 34.5 Å². The summed E-state index contributed by atoms with van der Waals surface area (Å²) in [7, 11) is 0. The van der Waals surface area contributed by atoms with Crippen LogP contribution < -0.4 is 0 Å². The molecular weight excluding hydrogens is 212 g/mol. The second kappa shape index (κ2) is 3.67. The molecule has 0 bridgehead atoms. The molecule has 0 saturated carbocycles. The number of carbonyl (C=O) groups excluding carboxylic acids is 1. The lowest BCUT2D eigenvalue weighted by atomic mass is 10.1. The van der Waals surface area contributed by atoms with Crippen molar-refractivity contribution in [1.82, 2.24) is 0 Å². The van der Waals surface area contributed by atoms with Gasteiger partial charge in [-0.2, -0.15) is 0 Å². The van der Waals surface area contributed by atoms with E-state index in [-0.39, 0.29) is 5.78 Å². The second-order valence-corrected chi connectivity index (χ2v) is 5.35. The van der Waals surface area contributed by atoms with Gasteiger partial charge in [-0.05, 0) is 24.4 Å². The monoisotopic (exact) mass is 222 g/mol. The van der Waals surface area contributed by atoms with Crippen LogP contribution >= 0.6 is 22.7 Å². The van der Waals surface area contributed by atoms with E-state index in [1.54, 1.807) is 22.7 Å². The molecule has 0 spiro atoms. The Morgan fingerprint density at radius 1 is 1.50 bits per heavy atom. The van der Waals surface area contributed by atoms with Crippen LogP contribution in [0.5, 0.6) is 0 Å². The van der Waals surface area contributed by atoms with E-state index < -0.39 is 0 Å². The Bertz CT molecular complexity index is 462. The molecule has 0 radical (unpaired) electrons. The van der Waals surface area contributed by atoms with Crippen molar-refractivity contribution in [3.8, 4) is 0 Å². The van der Waals surface area contributed by atoms with Crippen LogP contribution in [0.15, 0.2) is 29.7 Å². The maximum absolute atomic E-state index is 11.7. The number of ketones is 1. The molecule has 0 fully saturated rings. The van der Waals surface area contributed by atoms with Crippen molar-refractivity contribution in [2.45, 2.75) is 13.3 Å². The number of allylic oxidation sites excluding steroid dienone is 1. The van der Waals surface area contributed by atoms with Crippen LogP contribution in [0.1, 0.15) is 23.0 Å². The van der Waals surface area contributed by atoms with Crippen molar-refractivity contribution in [2.24, 2.45) is 0 Å². The highest BCUT2D eigenvalue weighted by Crippen LogP contribution is 2.30. The second-order valence-electron chi connectivity index (χ2n) is 3.32. The van der Waals surface area contributed by atoms with Gasteiger partial charge in [-0.3, -0.25) is 4.79 Å². The summed E-state index contributed by atoms with van der Waals surface area (Å²) >= 11 is 3.25. The zero-order valence-electron chi connectivity index (χ0n) is 7.87. The van der Waals surface area contributed by atoms with Gasteiger partial charge in [-0.15, -0.1) is 22.7 Å². The minimum absolute atomic E-state index is 0.186. The Morgan fingerprint density at radius 3 is 2.93 bits per heavy atom. The molecule has 0 amide bonds. The lowest BCUT2D eigenvalue weighted by molar-refractivity contribution is 0.0997. The molecule has 0 N–H and O–H groups in total. The van der Waals surface area contributed by atoms with Gasteiger partial charge in [0.2, 0.25) is 0 Å². The smallest absolute Gasteiger partial charge is 0.176 e. The van der Waals surface area contributed by atoms with E-state index >= 15 is 0 Å². The van der Waals surface area contributed by atoms with E-state index in [0.29, 0.717) is 6.42 Å². The van der Waals surface area contributed by atoms with Gasteiger partial charge in [0.15, 0.2) is 5.78 Å². The summed E-state index contributed by atoms with van der Waals surface area (Å²) < 4.78 is 2.42. The molecule has 2 aromatic heterocycles. The quantitative estimate of drug-likeness (QED) is 0.564. The van der Waals surface area contributed by atoms with Gasteiger partial charge < -0.3 is 0 Å². The van der Waals surface area contributed by atoms with Gasteiger partial charge in [-0.1, -0.05) is 12.2 Å². The molecule has 3 heteroatoms. The van der Waals surface area contributed by atoms with Crippen LogP contribution in [0, 0.1) is 0 Å². The van der Waals surface area contributed by atoms with E-state index in [4.69, 9.17) is 0 Å². The third-order valence-corrected chi connectivity index (χ3v) is 4.01. The van der Waals surface area contributed by atoms with Gasteiger partial charge in [0.25, 0.3) is 0 Å². The van der Waals surface area contributed by atoms with Crippen LogP contribution in [-0.4, -0.2) is 5.78 Å². The summed E-state index contributed by atoms with van der Waals surface area (Å²) in [4.78, 5) is 12.5. The van der Waals surface area contributed by atoms with Gasteiger partial charge in [0, 0.05) is 15.8 Å². The Balaban J connectivity index is 2.30. The summed E-state index contributed by atoms with van der Waals surface area (Å²) in [6.07, 6.45) is 0.466. The first kappa shape index (κ1) is 9.62. The van der Waals surface area contributed by atoms with Crippen LogP contribution in [0.4, 0.5) is 0 Å². The van der Waals surface area contributed by atoms with Crippen molar-refractivity contribution in [2.75, 3.05) is 0 Å². The third kappa shape index (κ3) is 1.79. The SMILES string of the molecule is C=C(C)CC(=O)c1cc2sccc2s1. The molecule has 0 aromatic carbocycles. The average Bonchev–Trinajstić information content (AvgIpc) is 2.58. The highest BCUT2D eigenvalue weighted by atomic mass is 32.1. The molecule has 0 aliphatic carbocycles. The standard InChI is InChI=1S/C11H10OS2/c1-7(2)5-8(12)10-6-11-9(14-10)3-4-13-11/h3-4,6H,1,5H2,2H3. The molecule has 2 aromatic rings. The summed E-state index contributed by atoms with van der Waals surface area (Å²) in [6, 6.07) is 4.04. The largest absolute Gasteiger partial charge is 0.293 e. The fourth-order valence-electron chi connectivity index (χ4n) is 1.26. The van der Waals surface area contributed by atoms with E-state index in [1.807, 2.05) is 18.4 Å². The maximum Gasteiger partial charge on any atom is 0.176 e. The molecule has 0 atom stereocenters. The van der Waals surface area contributed by atoms with Gasteiger partial charge in [0.1, 0.15) is 0 Å². The normalized spacial score (nSPS) is 10.6.